The number of methoxy groups -OCH3 is 1. The van der Waals surface area contributed by atoms with Gasteiger partial charge in [0.2, 0.25) is 0 Å². The van der Waals surface area contributed by atoms with Crippen molar-refractivity contribution in [1.82, 2.24) is 0 Å². The van der Waals surface area contributed by atoms with Crippen molar-refractivity contribution < 1.29 is 38.9 Å². The zero-order valence-corrected chi connectivity index (χ0v) is 19.2. The first-order valence-corrected chi connectivity index (χ1v) is 12.4. The Bertz CT molecular complexity index is 988. The van der Waals surface area contributed by atoms with Crippen LogP contribution in [0.2, 0.25) is 0 Å². The summed E-state index contributed by atoms with van der Waals surface area (Å²) in [6.45, 7) is 1.82. The van der Waals surface area contributed by atoms with Gasteiger partial charge in [-0.05, 0) is 49.4 Å². The average molecular weight is 531 g/mol. The van der Waals surface area contributed by atoms with Crippen LogP contribution in [-0.2, 0) is 16.0 Å². The third kappa shape index (κ3) is 7.09. The van der Waals surface area contributed by atoms with Gasteiger partial charge in [-0.1, -0.05) is 35.9 Å². The molecule has 0 aliphatic heterocycles. The maximum Gasteiger partial charge on any atom is 0.358 e. The molecule has 0 aliphatic rings. The number of hydrogen-bond acceptors (Lipinski definition) is 4. The Balaban J connectivity index is 0.000000221. The van der Waals surface area contributed by atoms with Crippen molar-refractivity contribution in [3.8, 4) is 5.75 Å². The molecule has 0 bridgehead atoms. The number of alkyl halides is 1. The highest BCUT2D eigenvalue weighted by Crippen LogP contribution is 2.08. The molecule has 0 spiro atoms. The van der Waals surface area contributed by atoms with E-state index in [1.165, 1.54) is 24.8 Å². The van der Waals surface area contributed by atoms with E-state index in [0.717, 1.165) is 11.3 Å². The van der Waals surface area contributed by atoms with Gasteiger partial charge in [-0.3, -0.25) is 0 Å². The molecule has 4 nitrogen and oxygen atoms in total. The lowest BCUT2D eigenvalue weighted by molar-refractivity contribution is -0.598. The summed E-state index contributed by atoms with van der Waals surface area (Å²) in [6, 6.07) is 22.5. The zero-order valence-electron chi connectivity index (χ0n) is 15.4. The van der Waals surface area contributed by atoms with Gasteiger partial charge in [-0.15, -0.1) is 11.6 Å². The zero-order chi connectivity index (χ0) is 20.6. The van der Waals surface area contributed by atoms with E-state index in [1.807, 2.05) is 25.1 Å². The molecule has 0 radical (unpaired) electrons. The summed E-state index contributed by atoms with van der Waals surface area (Å²) < 4.78 is 39.1. The van der Waals surface area contributed by atoms with Crippen LogP contribution in [0.5, 0.6) is 5.75 Å². The fourth-order valence-electron chi connectivity index (χ4n) is 2.16. The molecular weight excluding hydrogens is 511 g/mol. The second kappa shape index (κ2) is 10.8. The van der Waals surface area contributed by atoms with Gasteiger partial charge in [0.25, 0.3) is 0 Å². The Kier molecular flexibility index (Phi) is 8.75. The Morgan fingerprint density at radius 3 is 2.11 bits per heavy atom. The van der Waals surface area contributed by atoms with Crippen molar-refractivity contribution in [3.63, 3.8) is 0 Å². The van der Waals surface area contributed by atoms with Crippen LogP contribution in [0.4, 0.5) is 0 Å². The molecule has 0 amide bonds. The largest absolute Gasteiger partial charge is 0.744 e. The fraction of sp³-hybridized carbons (Fsp3) is 0.143. The summed E-state index contributed by atoms with van der Waals surface area (Å²) in [6.07, 6.45) is 0. The maximum absolute atomic E-state index is 10.4. The Morgan fingerprint density at radius 2 is 1.57 bits per heavy atom. The minimum Gasteiger partial charge on any atom is -0.744 e. The van der Waals surface area contributed by atoms with Crippen LogP contribution < -0.4 is 25.9 Å². The normalized spacial score (nSPS) is 10.7. The minimum absolute atomic E-state index is 0.157. The van der Waals surface area contributed by atoms with Gasteiger partial charge in [0, 0.05) is 5.56 Å². The molecular formula is C21H20ClIO4S. The smallest absolute Gasteiger partial charge is 0.358 e. The summed E-state index contributed by atoms with van der Waals surface area (Å²) in [5.41, 5.74) is 2.18. The molecule has 0 unspecified atom stereocenters. The van der Waals surface area contributed by atoms with Gasteiger partial charge < -0.3 is 9.29 Å². The molecule has 0 aliphatic carbocycles. The van der Waals surface area contributed by atoms with Gasteiger partial charge in [0.05, 0.1) is 17.9 Å². The predicted molar refractivity (Wildman–Crippen MR) is 106 cm³/mol. The number of benzene rings is 3. The molecule has 3 aromatic carbocycles. The van der Waals surface area contributed by atoms with Crippen LogP contribution >= 0.6 is 11.6 Å². The number of halogens is 2. The molecule has 0 atom stereocenters. The topological polar surface area (TPSA) is 66.4 Å². The highest BCUT2D eigenvalue weighted by atomic mass is 127. The Morgan fingerprint density at radius 1 is 0.964 bits per heavy atom. The van der Waals surface area contributed by atoms with E-state index < -0.39 is 10.1 Å². The van der Waals surface area contributed by atoms with Crippen LogP contribution in [0.1, 0.15) is 11.1 Å². The van der Waals surface area contributed by atoms with E-state index in [1.54, 1.807) is 19.2 Å². The van der Waals surface area contributed by atoms with Crippen molar-refractivity contribution >= 4 is 21.7 Å². The number of ether oxygens (including phenoxy) is 1. The average Bonchev–Trinajstić information content (AvgIpc) is 2.69. The SMILES string of the molecule is COc1ccc([I+]c2ccccc2CCl)cc1.Cc1ccc(S(=O)(=O)[O-])cc1. The van der Waals surface area contributed by atoms with Crippen LogP contribution in [0, 0.1) is 14.1 Å². The van der Waals surface area contributed by atoms with Crippen molar-refractivity contribution in [2.24, 2.45) is 0 Å². The van der Waals surface area contributed by atoms with Crippen LogP contribution in [0.25, 0.3) is 0 Å². The van der Waals surface area contributed by atoms with Gasteiger partial charge in [0.15, 0.2) is 7.14 Å². The molecule has 0 N–H and O–H groups in total. The molecule has 148 valence electrons. The second-order valence-corrected chi connectivity index (χ2v) is 10.3. The van der Waals surface area contributed by atoms with Crippen molar-refractivity contribution in [2.75, 3.05) is 7.11 Å². The van der Waals surface area contributed by atoms with Crippen molar-refractivity contribution in [2.45, 2.75) is 17.7 Å². The van der Waals surface area contributed by atoms with E-state index >= 15 is 0 Å². The quantitative estimate of drug-likeness (QED) is 0.285. The van der Waals surface area contributed by atoms with Gasteiger partial charge in [-0.2, -0.15) is 0 Å². The minimum atomic E-state index is -4.27. The van der Waals surface area contributed by atoms with Crippen molar-refractivity contribution in [3.05, 3.63) is 91.1 Å². The molecule has 0 aromatic heterocycles. The van der Waals surface area contributed by atoms with E-state index in [-0.39, 0.29) is 26.1 Å². The standard InChI is InChI=1S/C14H13ClIO.C7H8O3S/c1-17-13-8-6-12(7-9-13)16-14-5-3-2-4-11(14)10-15;1-6-2-4-7(5-3-6)11(8,9)10/h2-9H,10H2,1H3;2-5H,1H3,(H,8,9,10)/q+1;/p-1. The van der Waals surface area contributed by atoms with E-state index in [9.17, 15) is 13.0 Å². The van der Waals surface area contributed by atoms with E-state index in [4.69, 9.17) is 16.3 Å². The fourth-order valence-corrected chi connectivity index (χ4v) is 5.58. The summed E-state index contributed by atoms with van der Waals surface area (Å²) in [4.78, 5) is -0.178. The molecule has 3 aromatic rings. The van der Waals surface area contributed by atoms with Crippen LogP contribution in [0.15, 0.2) is 77.7 Å². The Labute approximate surface area is 181 Å². The molecule has 28 heavy (non-hydrogen) atoms. The van der Waals surface area contributed by atoms with Gasteiger partial charge >= 0.3 is 21.2 Å². The third-order valence-electron chi connectivity index (χ3n) is 3.67. The molecule has 0 saturated carbocycles. The van der Waals surface area contributed by atoms with Gasteiger partial charge in [-0.25, -0.2) is 8.42 Å². The molecule has 7 heteroatoms. The van der Waals surface area contributed by atoms with Crippen molar-refractivity contribution in [1.29, 1.82) is 0 Å². The van der Waals surface area contributed by atoms with Crippen LogP contribution in [-0.4, -0.2) is 20.1 Å². The predicted octanol–water partition coefficient (Wildman–Crippen LogP) is 1.46. The lowest BCUT2D eigenvalue weighted by Crippen LogP contribution is -3.61. The third-order valence-corrected chi connectivity index (χ3v) is 7.78. The first-order chi connectivity index (χ1) is 13.3. The highest BCUT2D eigenvalue weighted by molar-refractivity contribution is 7.85. The number of hydrogen-bond donors (Lipinski definition) is 0. The first-order valence-electron chi connectivity index (χ1n) is 8.29. The monoisotopic (exact) mass is 530 g/mol. The first kappa shape index (κ1) is 22.7. The molecule has 0 saturated heterocycles. The number of rotatable bonds is 5. The summed E-state index contributed by atoms with van der Waals surface area (Å²) in [7, 11) is -2.58. The van der Waals surface area contributed by atoms with E-state index in [0.29, 0.717) is 5.88 Å². The summed E-state index contributed by atoms with van der Waals surface area (Å²) >= 11 is 5.79. The molecule has 3 rings (SSSR count). The molecule has 0 fully saturated rings. The van der Waals surface area contributed by atoms with E-state index in [2.05, 4.69) is 30.3 Å². The van der Waals surface area contributed by atoms with Crippen LogP contribution in [0.3, 0.4) is 0 Å². The lowest BCUT2D eigenvalue weighted by Gasteiger charge is -2.05. The second-order valence-electron chi connectivity index (χ2n) is 5.74. The highest BCUT2D eigenvalue weighted by Gasteiger charge is 2.18. The number of aryl methyl sites for hydroxylation is 1. The van der Waals surface area contributed by atoms with Gasteiger partial charge in [0.1, 0.15) is 15.9 Å². The summed E-state index contributed by atoms with van der Waals surface area (Å²) in [5.74, 6) is 1.50. The molecule has 0 heterocycles. The Hall–Kier alpha value is -1.61. The maximum atomic E-state index is 10.4. The summed E-state index contributed by atoms with van der Waals surface area (Å²) in [5, 5.41) is 0. The lowest BCUT2D eigenvalue weighted by atomic mass is 10.2.